The van der Waals surface area contributed by atoms with E-state index in [9.17, 15) is 4.79 Å². The molecule has 0 saturated heterocycles. The van der Waals surface area contributed by atoms with Crippen molar-refractivity contribution in [3.05, 3.63) is 26.8 Å². The van der Waals surface area contributed by atoms with E-state index in [0.29, 0.717) is 16.8 Å². The SMILES string of the molecule is CC(=O)c1c(C#N)ccc(I)c1N. The summed E-state index contributed by atoms with van der Waals surface area (Å²) in [4.78, 5) is 11.2. The van der Waals surface area contributed by atoms with Gasteiger partial charge in [-0.05, 0) is 41.6 Å². The zero-order chi connectivity index (χ0) is 10.0. The maximum absolute atomic E-state index is 11.2. The van der Waals surface area contributed by atoms with Crippen molar-refractivity contribution in [1.29, 1.82) is 5.26 Å². The van der Waals surface area contributed by atoms with Crippen molar-refractivity contribution >= 4 is 34.1 Å². The van der Waals surface area contributed by atoms with Crippen LogP contribution in [0.5, 0.6) is 0 Å². The molecule has 1 aromatic rings. The molecule has 2 N–H and O–H groups in total. The summed E-state index contributed by atoms with van der Waals surface area (Å²) in [6.45, 7) is 1.41. The number of nitrogens with zero attached hydrogens (tertiary/aromatic N) is 1. The maximum atomic E-state index is 11.2. The van der Waals surface area contributed by atoms with Gasteiger partial charge in [0.1, 0.15) is 0 Å². The highest BCUT2D eigenvalue weighted by Crippen LogP contribution is 2.23. The van der Waals surface area contributed by atoms with Crippen LogP contribution in [0.4, 0.5) is 5.69 Å². The first kappa shape index (κ1) is 9.99. The summed E-state index contributed by atoms with van der Waals surface area (Å²) in [6, 6.07) is 5.27. The third-order valence-electron chi connectivity index (χ3n) is 1.66. The molecule has 66 valence electrons. The number of hydrogen-bond acceptors (Lipinski definition) is 3. The number of nitrogens with two attached hydrogens (primary N) is 1. The van der Waals surface area contributed by atoms with Crippen molar-refractivity contribution in [2.45, 2.75) is 6.92 Å². The predicted molar refractivity (Wildman–Crippen MR) is 58.3 cm³/mol. The van der Waals surface area contributed by atoms with E-state index in [1.54, 1.807) is 12.1 Å². The zero-order valence-electron chi connectivity index (χ0n) is 6.97. The smallest absolute Gasteiger partial charge is 0.163 e. The van der Waals surface area contributed by atoms with Gasteiger partial charge in [0.25, 0.3) is 0 Å². The number of nitrogen functional groups attached to an aromatic ring is 1. The van der Waals surface area contributed by atoms with Crippen LogP contribution in [0.1, 0.15) is 22.8 Å². The first-order valence-corrected chi connectivity index (χ1v) is 4.64. The van der Waals surface area contributed by atoms with Gasteiger partial charge in [0, 0.05) is 3.57 Å². The fraction of sp³-hybridized carbons (Fsp3) is 0.111. The number of nitriles is 1. The minimum atomic E-state index is -0.174. The monoisotopic (exact) mass is 286 g/mol. The molecule has 1 aromatic carbocycles. The number of carbonyl (C=O) groups excluding carboxylic acids is 1. The Kier molecular flexibility index (Phi) is 2.88. The van der Waals surface area contributed by atoms with Crippen LogP contribution in [-0.4, -0.2) is 5.78 Å². The van der Waals surface area contributed by atoms with E-state index >= 15 is 0 Å². The van der Waals surface area contributed by atoms with Crippen LogP contribution in [-0.2, 0) is 0 Å². The van der Waals surface area contributed by atoms with Gasteiger partial charge in [0.05, 0.1) is 22.9 Å². The number of carbonyl (C=O) groups is 1. The second-order valence-electron chi connectivity index (χ2n) is 2.55. The Morgan fingerprint density at radius 2 is 2.23 bits per heavy atom. The summed E-state index contributed by atoms with van der Waals surface area (Å²) >= 11 is 2.03. The molecule has 0 fully saturated rings. The van der Waals surface area contributed by atoms with Crippen LogP contribution in [0, 0.1) is 14.9 Å². The molecule has 13 heavy (non-hydrogen) atoms. The molecule has 0 atom stereocenters. The van der Waals surface area contributed by atoms with Crippen molar-refractivity contribution in [3.63, 3.8) is 0 Å². The van der Waals surface area contributed by atoms with E-state index in [-0.39, 0.29) is 5.78 Å². The molecule has 0 spiro atoms. The Bertz CT molecular complexity index is 407. The molecule has 1 rings (SSSR count). The summed E-state index contributed by atoms with van der Waals surface area (Å²) in [7, 11) is 0. The Hall–Kier alpha value is -1.09. The van der Waals surface area contributed by atoms with Gasteiger partial charge in [0.2, 0.25) is 0 Å². The Balaban J connectivity index is 3.53. The topological polar surface area (TPSA) is 66.9 Å². The zero-order valence-corrected chi connectivity index (χ0v) is 9.12. The van der Waals surface area contributed by atoms with Crippen LogP contribution >= 0.6 is 22.6 Å². The molecule has 0 heterocycles. The van der Waals surface area contributed by atoms with Crippen LogP contribution in [0.2, 0.25) is 0 Å². The normalized spacial score (nSPS) is 9.31. The summed E-state index contributed by atoms with van der Waals surface area (Å²) in [5.41, 5.74) is 6.74. The molecule has 0 bridgehead atoms. The Morgan fingerprint density at radius 3 is 2.69 bits per heavy atom. The van der Waals surface area contributed by atoms with Gasteiger partial charge < -0.3 is 5.73 Å². The number of Topliss-reactive ketones (excluding diaryl/α,β-unsaturated/α-hetero) is 1. The predicted octanol–water partition coefficient (Wildman–Crippen LogP) is 1.95. The second-order valence-corrected chi connectivity index (χ2v) is 3.71. The van der Waals surface area contributed by atoms with Gasteiger partial charge >= 0.3 is 0 Å². The number of hydrogen-bond donors (Lipinski definition) is 1. The van der Waals surface area contributed by atoms with Crippen molar-refractivity contribution in [2.24, 2.45) is 0 Å². The minimum Gasteiger partial charge on any atom is -0.397 e. The van der Waals surface area contributed by atoms with Crippen molar-refractivity contribution in [1.82, 2.24) is 0 Å². The van der Waals surface area contributed by atoms with E-state index in [1.807, 2.05) is 28.7 Å². The maximum Gasteiger partial charge on any atom is 0.163 e. The molecule has 0 aliphatic carbocycles. The lowest BCUT2D eigenvalue weighted by Crippen LogP contribution is -2.04. The van der Waals surface area contributed by atoms with Crippen molar-refractivity contribution in [3.8, 4) is 6.07 Å². The molecular formula is C9H7IN2O. The largest absolute Gasteiger partial charge is 0.397 e. The lowest BCUT2D eigenvalue weighted by Gasteiger charge is -2.05. The van der Waals surface area contributed by atoms with Crippen molar-refractivity contribution < 1.29 is 4.79 Å². The lowest BCUT2D eigenvalue weighted by molar-refractivity contribution is 0.101. The first-order valence-electron chi connectivity index (χ1n) is 3.57. The van der Waals surface area contributed by atoms with Gasteiger partial charge in [-0.25, -0.2) is 0 Å². The number of anilines is 1. The van der Waals surface area contributed by atoms with Gasteiger partial charge in [-0.1, -0.05) is 0 Å². The van der Waals surface area contributed by atoms with E-state index in [4.69, 9.17) is 11.0 Å². The quantitative estimate of drug-likeness (QED) is 0.487. The standard InChI is InChI=1S/C9H7IN2O/c1-5(13)8-6(4-11)2-3-7(10)9(8)12/h2-3H,12H2,1H3. The average Bonchev–Trinajstić information content (AvgIpc) is 2.08. The van der Waals surface area contributed by atoms with Crippen LogP contribution in [0.25, 0.3) is 0 Å². The fourth-order valence-electron chi connectivity index (χ4n) is 1.07. The number of ketones is 1. The van der Waals surface area contributed by atoms with E-state index < -0.39 is 0 Å². The van der Waals surface area contributed by atoms with Gasteiger partial charge in [0.15, 0.2) is 5.78 Å². The highest BCUT2D eigenvalue weighted by atomic mass is 127. The molecular weight excluding hydrogens is 279 g/mol. The van der Waals surface area contributed by atoms with Crippen LogP contribution in [0.3, 0.4) is 0 Å². The summed E-state index contributed by atoms with van der Waals surface area (Å²) in [5.74, 6) is -0.174. The molecule has 0 amide bonds. The van der Waals surface area contributed by atoms with Crippen LogP contribution in [0.15, 0.2) is 12.1 Å². The third-order valence-corrected chi connectivity index (χ3v) is 2.61. The van der Waals surface area contributed by atoms with E-state index in [0.717, 1.165) is 3.57 Å². The Morgan fingerprint density at radius 1 is 1.62 bits per heavy atom. The Labute approximate surface area is 89.7 Å². The average molecular weight is 286 g/mol. The highest BCUT2D eigenvalue weighted by Gasteiger charge is 2.12. The molecule has 0 aromatic heterocycles. The number of rotatable bonds is 1. The highest BCUT2D eigenvalue weighted by molar-refractivity contribution is 14.1. The summed E-state index contributed by atoms with van der Waals surface area (Å²) in [6.07, 6.45) is 0. The van der Waals surface area contributed by atoms with Crippen molar-refractivity contribution in [2.75, 3.05) is 5.73 Å². The molecule has 3 nitrogen and oxygen atoms in total. The van der Waals surface area contributed by atoms with Gasteiger partial charge in [-0.15, -0.1) is 0 Å². The lowest BCUT2D eigenvalue weighted by atomic mass is 10.0. The summed E-state index contributed by atoms with van der Waals surface area (Å²) in [5, 5.41) is 8.72. The first-order chi connectivity index (χ1) is 6.07. The minimum absolute atomic E-state index is 0.174. The molecule has 0 aliphatic rings. The van der Waals surface area contributed by atoms with Crippen LogP contribution < -0.4 is 5.73 Å². The van der Waals surface area contributed by atoms with Gasteiger partial charge in [-0.2, -0.15) is 5.26 Å². The third kappa shape index (κ3) is 1.80. The number of benzene rings is 1. The molecule has 0 radical (unpaired) electrons. The molecule has 0 aliphatic heterocycles. The van der Waals surface area contributed by atoms with E-state index in [1.165, 1.54) is 6.92 Å². The van der Waals surface area contributed by atoms with E-state index in [2.05, 4.69) is 0 Å². The van der Waals surface area contributed by atoms with Gasteiger partial charge in [-0.3, -0.25) is 4.79 Å². The second kappa shape index (κ2) is 3.75. The number of halogens is 1. The summed E-state index contributed by atoms with van der Waals surface area (Å²) < 4.78 is 0.793. The molecule has 0 saturated carbocycles. The molecule has 4 heteroatoms. The molecule has 0 unspecified atom stereocenters. The fourth-order valence-corrected chi connectivity index (χ4v) is 1.52.